The third-order valence-electron chi connectivity index (χ3n) is 2.78. The number of carbonyl (C=O) groups is 1. The van der Waals surface area contributed by atoms with Crippen LogP contribution in [0.25, 0.3) is 0 Å². The van der Waals surface area contributed by atoms with Crippen molar-refractivity contribution in [3.63, 3.8) is 0 Å². The number of hydrogen-bond acceptors (Lipinski definition) is 5. The molecule has 0 fully saturated rings. The second-order valence-electron chi connectivity index (χ2n) is 4.16. The van der Waals surface area contributed by atoms with Crippen LogP contribution in [0.2, 0.25) is 0 Å². The van der Waals surface area contributed by atoms with Crippen LogP contribution in [-0.4, -0.2) is 39.2 Å². The Kier molecular flexibility index (Phi) is 4.67. The van der Waals surface area contributed by atoms with E-state index < -0.39 is 0 Å². The summed E-state index contributed by atoms with van der Waals surface area (Å²) in [5.41, 5.74) is 0.500. The van der Waals surface area contributed by atoms with Gasteiger partial charge in [0.15, 0.2) is 0 Å². The van der Waals surface area contributed by atoms with Crippen LogP contribution in [0.5, 0.6) is 0 Å². The maximum absolute atomic E-state index is 12.1. The van der Waals surface area contributed by atoms with Crippen molar-refractivity contribution in [2.75, 3.05) is 18.9 Å². The van der Waals surface area contributed by atoms with Crippen molar-refractivity contribution >= 4 is 27.7 Å². The smallest absolute Gasteiger partial charge is 0.255 e. The van der Waals surface area contributed by atoms with Crippen LogP contribution in [0.15, 0.2) is 23.1 Å². The Morgan fingerprint density at radius 3 is 2.95 bits per heavy atom. The molecule has 0 radical (unpaired) electrons. The van der Waals surface area contributed by atoms with E-state index in [1.165, 1.54) is 0 Å². The fraction of sp³-hybridized carbons (Fsp3) is 0.333. The molecule has 8 heteroatoms. The van der Waals surface area contributed by atoms with Crippen molar-refractivity contribution in [2.45, 2.75) is 6.42 Å². The van der Waals surface area contributed by atoms with Gasteiger partial charge in [0.2, 0.25) is 0 Å². The van der Waals surface area contributed by atoms with Gasteiger partial charge < -0.3 is 15.2 Å². The second-order valence-corrected chi connectivity index (χ2v) is 5.08. The first kappa shape index (κ1) is 14.4. The standard InChI is InChI=1S/C12H15BrN6O/c1-14-11-9(5-8(13)6-16-11)12(20)15-4-3-10-18-17-7-19(10)2/h5-7H,3-4H2,1-2H3,(H,14,16)(H,15,20). The number of aryl methyl sites for hydroxylation is 1. The number of pyridine rings is 1. The van der Waals surface area contributed by atoms with Crippen molar-refractivity contribution in [1.82, 2.24) is 25.1 Å². The largest absolute Gasteiger partial charge is 0.372 e. The zero-order valence-electron chi connectivity index (χ0n) is 11.2. The number of carbonyl (C=O) groups excluding carboxylic acids is 1. The van der Waals surface area contributed by atoms with Gasteiger partial charge in [-0.3, -0.25) is 4.79 Å². The van der Waals surface area contributed by atoms with E-state index in [2.05, 4.69) is 41.7 Å². The summed E-state index contributed by atoms with van der Waals surface area (Å²) in [5, 5.41) is 13.5. The predicted octanol–water partition coefficient (Wildman–Crippen LogP) is 0.987. The van der Waals surface area contributed by atoms with Gasteiger partial charge in [0.1, 0.15) is 18.0 Å². The van der Waals surface area contributed by atoms with Crippen LogP contribution in [0.1, 0.15) is 16.2 Å². The zero-order chi connectivity index (χ0) is 14.5. The maximum Gasteiger partial charge on any atom is 0.255 e. The first-order chi connectivity index (χ1) is 9.61. The molecular weight excluding hydrogens is 324 g/mol. The highest BCUT2D eigenvalue weighted by Crippen LogP contribution is 2.17. The summed E-state index contributed by atoms with van der Waals surface area (Å²) in [6.45, 7) is 0.487. The van der Waals surface area contributed by atoms with Gasteiger partial charge in [-0.2, -0.15) is 0 Å². The van der Waals surface area contributed by atoms with E-state index in [1.807, 2.05) is 11.6 Å². The summed E-state index contributed by atoms with van der Waals surface area (Å²) in [6.07, 6.45) is 3.90. The molecule has 2 aromatic heterocycles. The summed E-state index contributed by atoms with van der Waals surface area (Å²) in [7, 11) is 3.60. The van der Waals surface area contributed by atoms with E-state index >= 15 is 0 Å². The third kappa shape index (κ3) is 3.32. The molecule has 2 N–H and O–H groups in total. The number of rotatable bonds is 5. The minimum absolute atomic E-state index is 0.176. The Hall–Kier alpha value is -1.96. The summed E-state index contributed by atoms with van der Waals surface area (Å²) < 4.78 is 2.58. The number of aromatic nitrogens is 4. The van der Waals surface area contributed by atoms with Gasteiger partial charge in [-0.1, -0.05) is 0 Å². The molecule has 2 aromatic rings. The first-order valence-electron chi connectivity index (χ1n) is 6.06. The zero-order valence-corrected chi connectivity index (χ0v) is 12.8. The first-order valence-corrected chi connectivity index (χ1v) is 6.85. The molecule has 0 aliphatic heterocycles. The van der Waals surface area contributed by atoms with E-state index in [9.17, 15) is 4.79 Å². The SMILES string of the molecule is CNc1ncc(Br)cc1C(=O)NCCc1nncn1C. The molecule has 0 saturated carbocycles. The molecule has 20 heavy (non-hydrogen) atoms. The number of hydrogen-bond donors (Lipinski definition) is 2. The van der Waals surface area contributed by atoms with E-state index in [0.29, 0.717) is 24.3 Å². The Morgan fingerprint density at radius 1 is 1.50 bits per heavy atom. The number of halogens is 1. The predicted molar refractivity (Wildman–Crippen MR) is 78.5 cm³/mol. The van der Waals surface area contributed by atoms with Crippen molar-refractivity contribution in [1.29, 1.82) is 0 Å². The van der Waals surface area contributed by atoms with Gasteiger partial charge in [-0.05, 0) is 22.0 Å². The van der Waals surface area contributed by atoms with E-state index in [-0.39, 0.29) is 5.91 Å². The van der Waals surface area contributed by atoms with Gasteiger partial charge in [0.25, 0.3) is 5.91 Å². The van der Waals surface area contributed by atoms with Crippen molar-refractivity contribution < 1.29 is 4.79 Å². The Balaban J connectivity index is 1.98. The van der Waals surface area contributed by atoms with Crippen LogP contribution in [0.4, 0.5) is 5.82 Å². The molecule has 7 nitrogen and oxygen atoms in total. The fourth-order valence-corrected chi connectivity index (χ4v) is 2.06. The summed E-state index contributed by atoms with van der Waals surface area (Å²) in [6, 6.07) is 1.73. The molecule has 0 atom stereocenters. The molecule has 0 aliphatic carbocycles. The Morgan fingerprint density at radius 2 is 2.30 bits per heavy atom. The molecular formula is C12H15BrN6O. The topological polar surface area (TPSA) is 84.7 Å². The van der Waals surface area contributed by atoms with Gasteiger partial charge >= 0.3 is 0 Å². The number of nitrogens with one attached hydrogen (secondary N) is 2. The monoisotopic (exact) mass is 338 g/mol. The van der Waals surface area contributed by atoms with Crippen molar-refractivity contribution in [3.8, 4) is 0 Å². The minimum atomic E-state index is -0.176. The molecule has 0 unspecified atom stereocenters. The number of amides is 1. The number of nitrogens with zero attached hydrogens (tertiary/aromatic N) is 4. The molecule has 0 saturated heterocycles. The molecule has 2 rings (SSSR count). The van der Waals surface area contributed by atoms with Crippen LogP contribution < -0.4 is 10.6 Å². The lowest BCUT2D eigenvalue weighted by Gasteiger charge is -2.09. The lowest BCUT2D eigenvalue weighted by Crippen LogP contribution is -2.27. The Labute approximate surface area is 124 Å². The highest BCUT2D eigenvalue weighted by atomic mass is 79.9. The lowest BCUT2D eigenvalue weighted by atomic mass is 10.2. The van der Waals surface area contributed by atoms with Crippen LogP contribution >= 0.6 is 15.9 Å². The van der Waals surface area contributed by atoms with Gasteiger partial charge in [-0.15, -0.1) is 10.2 Å². The quantitative estimate of drug-likeness (QED) is 0.849. The highest BCUT2D eigenvalue weighted by Gasteiger charge is 2.12. The van der Waals surface area contributed by atoms with Crippen LogP contribution in [0.3, 0.4) is 0 Å². The van der Waals surface area contributed by atoms with Crippen molar-refractivity contribution in [2.24, 2.45) is 7.05 Å². The lowest BCUT2D eigenvalue weighted by molar-refractivity contribution is 0.0954. The highest BCUT2D eigenvalue weighted by molar-refractivity contribution is 9.10. The molecule has 1 amide bonds. The summed E-state index contributed by atoms with van der Waals surface area (Å²) in [4.78, 5) is 16.3. The van der Waals surface area contributed by atoms with Crippen molar-refractivity contribution in [3.05, 3.63) is 34.5 Å². The average Bonchev–Trinajstić information content (AvgIpc) is 2.84. The summed E-state index contributed by atoms with van der Waals surface area (Å²) >= 11 is 3.31. The summed E-state index contributed by atoms with van der Waals surface area (Å²) in [5.74, 6) is 1.20. The fourth-order valence-electron chi connectivity index (χ4n) is 1.73. The molecule has 0 aliphatic rings. The minimum Gasteiger partial charge on any atom is -0.372 e. The molecule has 106 valence electrons. The molecule has 0 bridgehead atoms. The van der Waals surface area contributed by atoms with Gasteiger partial charge in [-0.25, -0.2) is 4.98 Å². The van der Waals surface area contributed by atoms with E-state index in [4.69, 9.17) is 0 Å². The van der Waals surface area contributed by atoms with E-state index in [1.54, 1.807) is 25.6 Å². The van der Waals surface area contributed by atoms with Gasteiger partial charge in [0.05, 0.1) is 5.56 Å². The second kappa shape index (κ2) is 6.47. The molecule has 0 spiro atoms. The molecule has 2 heterocycles. The molecule has 0 aromatic carbocycles. The van der Waals surface area contributed by atoms with Crippen LogP contribution in [-0.2, 0) is 13.5 Å². The van der Waals surface area contributed by atoms with Gasteiger partial charge in [0, 0.05) is 37.7 Å². The van der Waals surface area contributed by atoms with Crippen LogP contribution in [0, 0.1) is 0 Å². The van der Waals surface area contributed by atoms with E-state index in [0.717, 1.165) is 10.3 Å². The third-order valence-corrected chi connectivity index (χ3v) is 3.21. The normalized spacial score (nSPS) is 10.3. The Bertz CT molecular complexity index is 612. The maximum atomic E-state index is 12.1. The number of anilines is 1. The average molecular weight is 339 g/mol.